The van der Waals surface area contributed by atoms with E-state index in [1.54, 1.807) is 39.0 Å². The standard InChI is InChI=1S/C21H26N2O7/c1-11(24)18-13-7-12(29-16-10-28-19-15(25)9-27-20(16)19)5-6-14(13)23(22-18)8-17(26)30-21(2,3)4/h5-7,15-16,19-20,25H,8-10H2,1-4H3/t15-,16-,19-,20-/m1/s1. The molecule has 2 aliphatic heterocycles. The first-order chi connectivity index (χ1) is 14.1. The predicted octanol–water partition coefficient (Wildman–Crippen LogP) is 1.49. The zero-order valence-electron chi connectivity index (χ0n) is 17.5. The maximum Gasteiger partial charge on any atom is 0.328 e. The summed E-state index contributed by atoms with van der Waals surface area (Å²) in [6, 6.07) is 5.23. The number of hydrogen-bond donors (Lipinski definition) is 1. The van der Waals surface area contributed by atoms with Crippen LogP contribution in [0.2, 0.25) is 0 Å². The molecule has 0 saturated carbocycles. The molecule has 0 radical (unpaired) electrons. The Labute approximate surface area is 173 Å². The number of aliphatic hydroxyl groups excluding tert-OH is 1. The fourth-order valence-electron chi connectivity index (χ4n) is 3.83. The van der Waals surface area contributed by atoms with Gasteiger partial charge in [-0.2, -0.15) is 5.10 Å². The van der Waals surface area contributed by atoms with Crippen molar-refractivity contribution in [2.24, 2.45) is 0 Å². The second-order valence-corrected chi connectivity index (χ2v) is 8.65. The van der Waals surface area contributed by atoms with Crippen LogP contribution in [0.3, 0.4) is 0 Å². The highest BCUT2D eigenvalue weighted by molar-refractivity contribution is 6.05. The van der Waals surface area contributed by atoms with Gasteiger partial charge in [0.2, 0.25) is 0 Å². The van der Waals surface area contributed by atoms with Crippen molar-refractivity contribution in [1.82, 2.24) is 9.78 Å². The normalized spacial score (nSPS) is 26.0. The minimum atomic E-state index is -0.651. The molecule has 0 aliphatic carbocycles. The fraction of sp³-hybridized carbons (Fsp3) is 0.571. The summed E-state index contributed by atoms with van der Waals surface area (Å²) in [7, 11) is 0. The molecular formula is C21H26N2O7. The van der Waals surface area contributed by atoms with Crippen molar-refractivity contribution in [3.63, 3.8) is 0 Å². The highest BCUT2D eigenvalue weighted by Crippen LogP contribution is 2.31. The molecule has 2 fully saturated rings. The fourth-order valence-corrected chi connectivity index (χ4v) is 3.83. The summed E-state index contributed by atoms with van der Waals surface area (Å²) >= 11 is 0. The molecule has 4 atom stereocenters. The molecule has 9 heteroatoms. The van der Waals surface area contributed by atoms with E-state index < -0.39 is 17.7 Å². The Kier molecular flexibility index (Phi) is 5.29. The van der Waals surface area contributed by atoms with Crippen LogP contribution < -0.4 is 4.74 Å². The Morgan fingerprint density at radius 3 is 2.67 bits per heavy atom. The monoisotopic (exact) mass is 418 g/mol. The molecular weight excluding hydrogens is 392 g/mol. The Hall–Kier alpha value is -2.49. The lowest BCUT2D eigenvalue weighted by Crippen LogP contribution is -2.34. The number of nitrogens with zero attached hydrogens (tertiary/aromatic N) is 2. The molecule has 1 aromatic carbocycles. The van der Waals surface area contributed by atoms with Crippen molar-refractivity contribution >= 4 is 22.7 Å². The van der Waals surface area contributed by atoms with Crippen LogP contribution in [0.5, 0.6) is 5.75 Å². The molecule has 2 aliphatic rings. The van der Waals surface area contributed by atoms with Crippen LogP contribution in [0.4, 0.5) is 0 Å². The molecule has 162 valence electrons. The number of rotatable bonds is 5. The van der Waals surface area contributed by atoms with Gasteiger partial charge in [-0.25, -0.2) is 0 Å². The van der Waals surface area contributed by atoms with Crippen molar-refractivity contribution in [2.75, 3.05) is 13.2 Å². The molecule has 0 unspecified atom stereocenters. The van der Waals surface area contributed by atoms with Gasteiger partial charge < -0.3 is 24.1 Å². The molecule has 2 saturated heterocycles. The van der Waals surface area contributed by atoms with Gasteiger partial charge >= 0.3 is 5.97 Å². The van der Waals surface area contributed by atoms with E-state index in [1.807, 2.05) is 0 Å². The summed E-state index contributed by atoms with van der Waals surface area (Å²) in [5.41, 5.74) is 0.278. The summed E-state index contributed by atoms with van der Waals surface area (Å²) in [6.07, 6.45) is -1.73. The van der Waals surface area contributed by atoms with Gasteiger partial charge in [0, 0.05) is 12.3 Å². The molecule has 1 N–H and O–H groups in total. The van der Waals surface area contributed by atoms with E-state index in [-0.39, 0.29) is 42.9 Å². The minimum Gasteiger partial charge on any atom is -0.485 e. The van der Waals surface area contributed by atoms with Gasteiger partial charge in [-0.3, -0.25) is 14.3 Å². The Morgan fingerprint density at radius 2 is 1.97 bits per heavy atom. The van der Waals surface area contributed by atoms with E-state index in [0.29, 0.717) is 23.3 Å². The Balaban J connectivity index is 1.58. The number of ketones is 1. The average Bonchev–Trinajstić information content (AvgIpc) is 3.30. The third-order valence-corrected chi connectivity index (χ3v) is 5.02. The van der Waals surface area contributed by atoms with Gasteiger partial charge in [0.1, 0.15) is 41.9 Å². The van der Waals surface area contributed by atoms with Gasteiger partial charge in [-0.05, 0) is 39.0 Å². The number of hydrogen-bond acceptors (Lipinski definition) is 8. The van der Waals surface area contributed by atoms with E-state index >= 15 is 0 Å². The maximum absolute atomic E-state index is 12.2. The van der Waals surface area contributed by atoms with E-state index in [0.717, 1.165) is 0 Å². The Bertz CT molecular complexity index is 978. The molecule has 0 bridgehead atoms. The summed E-state index contributed by atoms with van der Waals surface area (Å²) in [6.45, 7) is 7.23. The van der Waals surface area contributed by atoms with Crippen molar-refractivity contribution in [3.05, 3.63) is 23.9 Å². The second kappa shape index (κ2) is 7.64. The zero-order chi connectivity index (χ0) is 21.6. The van der Waals surface area contributed by atoms with Gasteiger partial charge in [0.15, 0.2) is 11.9 Å². The third-order valence-electron chi connectivity index (χ3n) is 5.02. The highest BCUT2D eigenvalue weighted by Gasteiger charge is 2.48. The van der Waals surface area contributed by atoms with Crippen LogP contribution in [0, 0.1) is 0 Å². The molecule has 0 spiro atoms. The molecule has 3 heterocycles. The first kappa shape index (κ1) is 20.8. The number of esters is 1. The lowest BCUT2D eigenvalue weighted by molar-refractivity contribution is -0.155. The SMILES string of the molecule is CC(=O)c1nn(CC(=O)OC(C)(C)C)c2ccc(O[C@@H]3CO[C@H]4[C@@H]3OC[C@H]4O)cc12. The number of benzene rings is 1. The number of carbonyl (C=O) groups excluding carboxylic acids is 2. The number of Topliss-reactive ketones (excluding diaryl/α,β-unsaturated/α-hetero) is 1. The second-order valence-electron chi connectivity index (χ2n) is 8.65. The van der Waals surface area contributed by atoms with Crippen LogP contribution in [-0.2, 0) is 25.5 Å². The average molecular weight is 418 g/mol. The molecule has 1 aromatic heterocycles. The van der Waals surface area contributed by atoms with Crippen LogP contribution >= 0.6 is 0 Å². The van der Waals surface area contributed by atoms with Crippen molar-refractivity contribution in [2.45, 2.75) is 64.3 Å². The minimum absolute atomic E-state index is 0.104. The van der Waals surface area contributed by atoms with Crippen LogP contribution in [-0.4, -0.2) is 69.9 Å². The Morgan fingerprint density at radius 1 is 1.23 bits per heavy atom. The highest BCUT2D eigenvalue weighted by atomic mass is 16.6. The summed E-state index contributed by atoms with van der Waals surface area (Å²) in [5.74, 6) is -0.124. The molecule has 4 rings (SSSR count). The van der Waals surface area contributed by atoms with E-state index in [1.165, 1.54) is 11.6 Å². The number of carbonyl (C=O) groups is 2. The maximum atomic E-state index is 12.2. The lowest BCUT2D eigenvalue weighted by atomic mass is 10.1. The van der Waals surface area contributed by atoms with Crippen molar-refractivity contribution in [1.29, 1.82) is 0 Å². The number of ether oxygens (including phenoxy) is 4. The van der Waals surface area contributed by atoms with Crippen LogP contribution in [0.15, 0.2) is 18.2 Å². The molecule has 2 aromatic rings. The first-order valence-corrected chi connectivity index (χ1v) is 9.93. The number of fused-ring (bicyclic) bond motifs is 2. The van der Waals surface area contributed by atoms with Gasteiger partial charge in [-0.15, -0.1) is 0 Å². The smallest absolute Gasteiger partial charge is 0.328 e. The summed E-state index contributed by atoms with van der Waals surface area (Å²) in [5, 5.41) is 14.8. The topological polar surface area (TPSA) is 109 Å². The van der Waals surface area contributed by atoms with Gasteiger partial charge in [0.25, 0.3) is 0 Å². The van der Waals surface area contributed by atoms with Crippen molar-refractivity contribution < 1.29 is 33.6 Å². The zero-order valence-corrected chi connectivity index (χ0v) is 17.5. The quantitative estimate of drug-likeness (QED) is 0.575. The number of aliphatic hydroxyl groups is 1. The van der Waals surface area contributed by atoms with E-state index in [4.69, 9.17) is 18.9 Å². The molecule has 0 amide bonds. The van der Waals surface area contributed by atoms with Crippen molar-refractivity contribution in [3.8, 4) is 5.75 Å². The van der Waals surface area contributed by atoms with Crippen LogP contribution in [0.1, 0.15) is 38.2 Å². The summed E-state index contributed by atoms with van der Waals surface area (Å²) in [4.78, 5) is 24.4. The number of aromatic nitrogens is 2. The largest absolute Gasteiger partial charge is 0.485 e. The lowest BCUT2D eigenvalue weighted by Gasteiger charge is -2.19. The molecule has 9 nitrogen and oxygen atoms in total. The van der Waals surface area contributed by atoms with Gasteiger partial charge in [-0.1, -0.05) is 0 Å². The van der Waals surface area contributed by atoms with Crippen LogP contribution in [0.25, 0.3) is 10.9 Å². The molecule has 30 heavy (non-hydrogen) atoms. The van der Waals surface area contributed by atoms with E-state index in [9.17, 15) is 14.7 Å². The third kappa shape index (κ3) is 4.05. The first-order valence-electron chi connectivity index (χ1n) is 9.93. The summed E-state index contributed by atoms with van der Waals surface area (Å²) < 4.78 is 24.0. The van der Waals surface area contributed by atoms with Gasteiger partial charge in [0.05, 0.1) is 18.7 Å². The predicted molar refractivity (Wildman–Crippen MR) is 105 cm³/mol. The van der Waals surface area contributed by atoms with E-state index in [2.05, 4.69) is 5.10 Å².